The van der Waals surface area contributed by atoms with Gasteiger partial charge >= 0.3 is 0 Å². The van der Waals surface area contributed by atoms with Crippen LogP contribution in [0.15, 0.2) is 0 Å². The van der Waals surface area contributed by atoms with E-state index in [4.69, 9.17) is 9.57 Å². The molecule has 0 aliphatic carbocycles. The molecule has 0 aromatic carbocycles. The van der Waals surface area contributed by atoms with Gasteiger partial charge in [0.2, 0.25) is 0 Å². The summed E-state index contributed by atoms with van der Waals surface area (Å²) in [6.07, 6.45) is 5.26. The lowest BCUT2D eigenvalue weighted by Gasteiger charge is -2.35. The number of hydrogen-bond acceptors (Lipinski definition) is 5. The number of ether oxygens (including phenoxy) is 1. The van der Waals surface area contributed by atoms with E-state index in [0.29, 0.717) is 6.61 Å². The second-order valence-corrected chi connectivity index (χ2v) is 5.63. The Labute approximate surface area is 124 Å². The average molecular weight is 287 g/mol. The van der Waals surface area contributed by atoms with E-state index in [2.05, 4.69) is 29.4 Å². The molecule has 0 bridgehead atoms. The molecule has 2 fully saturated rings. The summed E-state index contributed by atoms with van der Waals surface area (Å²) >= 11 is 0. The number of hydroxylamine groups is 1. The van der Waals surface area contributed by atoms with Crippen molar-refractivity contribution in [1.82, 2.24) is 15.3 Å². The summed E-state index contributed by atoms with van der Waals surface area (Å²) in [7, 11) is 4.16. The first-order chi connectivity index (χ1) is 9.74. The van der Waals surface area contributed by atoms with Gasteiger partial charge < -0.3 is 14.5 Å². The molecule has 0 aromatic rings. The van der Waals surface area contributed by atoms with Gasteiger partial charge in [0.05, 0.1) is 12.7 Å². The minimum atomic E-state index is 0.0379. The van der Waals surface area contributed by atoms with E-state index >= 15 is 0 Å². The molecule has 2 unspecified atom stereocenters. The summed E-state index contributed by atoms with van der Waals surface area (Å²) in [6, 6.07) is 0. The number of nitrogens with zero attached hydrogens (tertiary/aromatic N) is 2. The van der Waals surface area contributed by atoms with Gasteiger partial charge in [-0.2, -0.15) is 5.48 Å². The van der Waals surface area contributed by atoms with Crippen molar-refractivity contribution in [2.75, 3.05) is 46.9 Å². The van der Waals surface area contributed by atoms with E-state index in [1.165, 1.54) is 32.4 Å². The number of nitrogens with one attached hydrogen (secondary N) is 1. The molecule has 0 amide bonds. The number of likely N-dealkylation sites (tertiary alicyclic amines) is 1. The number of piperidine rings is 1. The Morgan fingerprint density at radius 2 is 1.85 bits per heavy atom. The minimum Gasteiger partial charge on any atom is -0.354 e. The SMILES string of the molecule is CC.CN(C)CCC1NOCC(CN2CCCCC2)O1. The molecule has 1 N–H and O–H groups in total. The van der Waals surface area contributed by atoms with Crippen molar-refractivity contribution in [3.8, 4) is 0 Å². The molecule has 5 nitrogen and oxygen atoms in total. The molecule has 2 saturated heterocycles. The van der Waals surface area contributed by atoms with Crippen molar-refractivity contribution in [3.63, 3.8) is 0 Å². The van der Waals surface area contributed by atoms with Crippen molar-refractivity contribution in [3.05, 3.63) is 0 Å². The van der Waals surface area contributed by atoms with Crippen molar-refractivity contribution in [1.29, 1.82) is 0 Å². The van der Waals surface area contributed by atoms with Crippen molar-refractivity contribution < 1.29 is 9.57 Å². The Hall–Kier alpha value is -0.200. The van der Waals surface area contributed by atoms with Gasteiger partial charge in [-0.05, 0) is 40.0 Å². The van der Waals surface area contributed by atoms with Gasteiger partial charge in [-0.25, -0.2) is 0 Å². The topological polar surface area (TPSA) is 37.0 Å². The third-order valence-corrected chi connectivity index (χ3v) is 3.59. The van der Waals surface area contributed by atoms with Crippen LogP contribution in [0.25, 0.3) is 0 Å². The van der Waals surface area contributed by atoms with Crippen LogP contribution in [0.4, 0.5) is 0 Å². The second-order valence-electron chi connectivity index (χ2n) is 5.63. The fourth-order valence-corrected chi connectivity index (χ4v) is 2.56. The van der Waals surface area contributed by atoms with E-state index in [9.17, 15) is 0 Å². The predicted octanol–water partition coefficient (Wildman–Crippen LogP) is 1.70. The molecule has 120 valence electrons. The largest absolute Gasteiger partial charge is 0.354 e. The normalized spacial score (nSPS) is 28.1. The third kappa shape index (κ3) is 6.99. The van der Waals surface area contributed by atoms with Crippen molar-refractivity contribution in [2.24, 2.45) is 0 Å². The minimum absolute atomic E-state index is 0.0379. The zero-order chi connectivity index (χ0) is 14.8. The highest BCUT2D eigenvalue weighted by atomic mass is 16.7. The van der Waals surface area contributed by atoms with Gasteiger partial charge in [0.15, 0.2) is 0 Å². The molecular formula is C15H33N3O2. The maximum atomic E-state index is 6.04. The van der Waals surface area contributed by atoms with Gasteiger partial charge in [-0.1, -0.05) is 20.3 Å². The quantitative estimate of drug-likeness (QED) is 0.833. The average Bonchev–Trinajstić information content (AvgIpc) is 2.49. The van der Waals surface area contributed by atoms with Gasteiger partial charge in [0.25, 0.3) is 0 Å². The summed E-state index contributed by atoms with van der Waals surface area (Å²) < 4.78 is 6.04. The highest BCUT2D eigenvalue weighted by molar-refractivity contribution is 4.72. The monoisotopic (exact) mass is 287 g/mol. The Morgan fingerprint density at radius 1 is 1.15 bits per heavy atom. The molecule has 2 atom stereocenters. The maximum Gasteiger partial charge on any atom is 0.132 e. The molecule has 2 aliphatic heterocycles. The molecule has 0 saturated carbocycles. The Kier molecular flexibility index (Phi) is 9.39. The number of hydrogen-bond donors (Lipinski definition) is 1. The lowest BCUT2D eigenvalue weighted by molar-refractivity contribution is -0.202. The molecule has 0 aromatic heterocycles. The van der Waals surface area contributed by atoms with Gasteiger partial charge in [0.1, 0.15) is 6.23 Å². The van der Waals surface area contributed by atoms with Crippen LogP contribution < -0.4 is 5.48 Å². The molecule has 0 spiro atoms. The smallest absolute Gasteiger partial charge is 0.132 e. The highest BCUT2D eigenvalue weighted by Crippen LogP contribution is 2.13. The van der Waals surface area contributed by atoms with Crippen LogP contribution in [0, 0.1) is 0 Å². The van der Waals surface area contributed by atoms with Gasteiger partial charge in [-0.15, -0.1) is 0 Å². The van der Waals surface area contributed by atoms with Crippen LogP contribution in [0.3, 0.4) is 0 Å². The van der Waals surface area contributed by atoms with Crippen LogP contribution in [0.1, 0.15) is 39.5 Å². The van der Waals surface area contributed by atoms with Crippen molar-refractivity contribution >= 4 is 0 Å². The molecule has 2 rings (SSSR count). The van der Waals surface area contributed by atoms with Crippen LogP contribution in [-0.2, 0) is 9.57 Å². The molecule has 20 heavy (non-hydrogen) atoms. The molecule has 5 heteroatoms. The first-order valence-corrected chi connectivity index (χ1v) is 8.14. The Balaban J connectivity index is 0.000000956. The van der Waals surface area contributed by atoms with Crippen LogP contribution in [-0.4, -0.2) is 69.0 Å². The van der Waals surface area contributed by atoms with E-state index < -0.39 is 0 Å². The van der Waals surface area contributed by atoms with Gasteiger partial charge in [0, 0.05) is 19.5 Å². The summed E-state index contributed by atoms with van der Waals surface area (Å²) in [5.74, 6) is 0. The Morgan fingerprint density at radius 3 is 2.50 bits per heavy atom. The lowest BCUT2D eigenvalue weighted by atomic mass is 10.1. The first-order valence-electron chi connectivity index (χ1n) is 8.14. The summed E-state index contributed by atoms with van der Waals surface area (Å²) in [5.41, 5.74) is 2.97. The molecule has 2 heterocycles. The molecular weight excluding hydrogens is 254 g/mol. The van der Waals surface area contributed by atoms with Crippen LogP contribution in [0.2, 0.25) is 0 Å². The second kappa shape index (κ2) is 10.5. The van der Waals surface area contributed by atoms with Crippen LogP contribution >= 0.6 is 0 Å². The van der Waals surface area contributed by atoms with E-state index in [1.807, 2.05) is 13.8 Å². The van der Waals surface area contributed by atoms with E-state index in [0.717, 1.165) is 19.5 Å². The third-order valence-electron chi connectivity index (χ3n) is 3.59. The summed E-state index contributed by atoms with van der Waals surface area (Å²) in [5, 5.41) is 0. The predicted molar refractivity (Wildman–Crippen MR) is 82.6 cm³/mol. The van der Waals surface area contributed by atoms with E-state index in [-0.39, 0.29) is 12.3 Å². The fourth-order valence-electron chi connectivity index (χ4n) is 2.56. The zero-order valence-electron chi connectivity index (χ0n) is 13.7. The lowest BCUT2D eigenvalue weighted by Crippen LogP contribution is -2.50. The highest BCUT2D eigenvalue weighted by Gasteiger charge is 2.25. The molecule has 2 aliphatic rings. The molecule has 0 radical (unpaired) electrons. The summed E-state index contributed by atoms with van der Waals surface area (Å²) in [6.45, 7) is 9.12. The van der Waals surface area contributed by atoms with Crippen molar-refractivity contribution in [2.45, 2.75) is 51.9 Å². The fraction of sp³-hybridized carbons (Fsp3) is 1.00. The summed E-state index contributed by atoms with van der Waals surface area (Å²) in [4.78, 5) is 10.1. The standard InChI is InChI=1S/C13H27N3O2.C2H6/c1-15(2)9-6-13-14-17-11-12(18-13)10-16-7-4-3-5-8-16;1-2/h12-14H,3-11H2,1-2H3;1-2H3. The van der Waals surface area contributed by atoms with E-state index in [1.54, 1.807) is 0 Å². The van der Waals surface area contributed by atoms with Gasteiger partial charge in [-0.3, -0.25) is 4.84 Å². The number of rotatable bonds is 5. The van der Waals surface area contributed by atoms with Crippen LogP contribution in [0.5, 0.6) is 0 Å². The maximum absolute atomic E-state index is 6.04. The Bertz CT molecular complexity index is 233. The zero-order valence-corrected chi connectivity index (χ0v) is 13.7. The first kappa shape index (κ1) is 17.9.